The molecule has 1 aromatic heterocycles. The smallest absolute Gasteiger partial charge is 0.145 e. The van der Waals surface area contributed by atoms with Crippen LogP contribution in [0.15, 0.2) is 72.8 Å². The van der Waals surface area contributed by atoms with E-state index >= 15 is 0 Å². The largest absolute Gasteiger partial charge is 0.292 e. The van der Waals surface area contributed by atoms with Gasteiger partial charge in [0, 0.05) is 11.3 Å². The van der Waals surface area contributed by atoms with Crippen LogP contribution in [-0.2, 0) is 0 Å². The molecule has 0 radical (unpaired) electrons. The molecule has 0 atom stereocenters. The van der Waals surface area contributed by atoms with Crippen LogP contribution in [0.25, 0.3) is 28.1 Å². The van der Waals surface area contributed by atoms with Crippen molar-refractivity contribution in [3.8, 4) is 17.1 Å². The number of benzene rings is 3. The number of nitrogens with zero attached hydrogens (tertiary/aromatic N) is 2. The fraction of sp³-hybridized carbons (Fsp3) is 0.0500. The van der Waals surface area contributed by atoms with Crippen molar-refractivity contribution in [2.45, 2.75) is 6.92 Å². The van der Waals surface area contributed by atoms with Crippen LogP contribution in [-0.4, -0.2) is 9.55 Å². The van der Waals surface area contributed by atoms with E-state index in [2.05, 4.69) is 41.8 Å². The molecular weight excluding hydrogens is 287 g/mol. The number of para-hydroxylation sites is 2. The lowest BCUT2D eigenvalue weighted by Crippen LogP contribution is -1.97. The molecule has 0 N–H and O–H groups in total. The molecule has 2 nitrogen and oxygen atoms in total. The second-order valence-electron chi connectivity index (χ2n) is 5.60. The third kappa shape index (κ3) is 2.40. The maximum atomic E-state index is 13.2. The van der Waals surface area contributed by atoms with E-state index in [9.17, 15) is 4.39 Å². The van der Waals surface area contributed by atoms with Gasteiger partial charge in [-0.05, 0) is 55.5 Å². The zero-order chi connectivity index (χ0) is 15.8. The summed E-state index contributed by atoms with van der Waals surface area (Å²) in [5, 5.41) is 0. The van der Waals surface area contributed by atoms with Gasteiger partial charge < -0.3 is 0 Å². The molecule has 112 valence electrons. The van der Waals surface area contributed by atoms with Gasteiger partial charge in [0.1, 0.15) is 11.6 Å². The van der Waals surface area contributed by atoms with Gasteiger partial charge in [-0.2, -0.15) is 0 Å². The number of aromatic nitrogens is 2. The first-order valence-electron chi connectivity index (χ1n) is 7.53. The van der Waals surface area contributed by atoms with Crippen LogP contribution in [0, 0.1) is 12.7 Å². The average molecular weight is 302 g/mol. The summed E-state index contributed by atoms with van der Waals surface area (Å²) in [6.45, 7) is 2.07. The summed E-state index contributed by atoms with van der Waals surface area (Å²) in [5.74, 6) is 0.571. The number of rotatable bonds is 2. The molecule has 0 saturated heterocycles. The lowest BCUT2D eigenvalue weighted by atomic mass is 10.2. The fourth-order valence-corrected chi connectivity index (χ4v) is 2.77. The Hall–Kier alpha value is -2.94. The van der Waals surface area contributed by atoms with Gasteiger partial charge in [0.2, 0.25) is 0 Å². The minimum Gasteiger partial charge on any atom is -0.292 e. The van der Waals surface area contributed by atoms with Crippen molar-refractivity contribution in [2.75, 3.05) is 0 Å². The molecule has 0 aliphatic heterocycles. The maximum absolute atomic E-state index is 13.2. The summed E-state index contributed by atoms with van der Waals surface area (Å²) in [6, 6.07) is 22.8. The Morgan fingerprint density at radius 3 is 2.26 bits per heavy atom. The molecule has 1 heterocycles. The van der Waals surface area contributed by atoms with E-state index < -0.39 is 0 Å². The molecule has 0 spiro atoms. The lowest BCUT2D eigenvalue weighted by Gasteiger charge is -2.10. The highest BCUT2D eigenvalue weighted by Crippen LogP contribution is 2.28. The Bertz CT molecular complexity index is 967. The molecule has 0 unspecified atom stereocenters. The molecule has 0 aliphatic carbocycles. The SMILES string of the molecule is Cc1ccc(-n2c(-c3ccc(F)cc3)nc3ccccc32)cc1. The fourth-order valence-electron chi connectivity index (χ4n) is 2.77. The van der Waals surface area contributed by atoms with Crippen molar-refractivity contribution in [1.29, 1.82) is 0 Å². The summed E-state index contributed by atoms with van der Waals surface area (Å²) in [5.41, 5.74) is 5.11. The van der Waals surface area contributed by atoms with Crippen molar-refractivity contribution >= 4 is 11.0 Å². The molecule has 23 heavy (non-hydrogen) atoms. The molecule has 0 bridgehead atoms. The maximum Gasteiger partial charge on any atom is 0.145 e. The first-order chi connectivity index (χ1) is 11.2. The van der Waals surface area contributed by atoms with Gasteiger partial charge in [-0.15, -0.1) is 0 Å². The zero-order valence-corrected chi connectivity index (χ0v) is 12.7. The first-order valence-corrected chi connectivity index (χ1v) is 7.53. The van der Waals surface area contributed by atoms with Crippen LogP contribution in [0.5, 0.6) is 0 Å². The van der Waals surface area contributed by atoms with Gasteiger partial charge >= 0.3 is 0 Å². The van der Waals surface area contributed by atoms with E-state index in [1.165, 1.54) is 17.7 Å². The van der Waals surface area contributed by atoms with Gasteiger partial charge in [-0.3, -0.25) is 4.57 Å². The number of halogens is 1. The van der Waals surface area contributed by atoms with E-state index in [0.717, 1.165) is 28.1 Å². The molecule has 0 saturated carbocycles. The minimum atomic E-state index is -0.244. The second-order valence-corrected chi connectivity index (χ2v) is 5.60. The lowest BCUT2D eigenvalue weighted by molar-refractivity contribution is 0.628. The zero-order valence-electron chi connectivity index (χ0n) is 12.7. The predicted molar refractivity (Wildman–Crippen MR) is 91.2 cm³/mol. The average Bonchev–Trinajstić information content (AvgIpc) is 2.96. The molecule has 4 aromatic rings. The summed E-state index contributed by atoms with van der Waals surface area (Å²) >= 11 is 0. The van der Waals surface area contributed by atoms with Gasteiger partial charge in [0.25, 0.3) is 0 Å². The molecule has 3 aromatic carbocycles. The van der Waals surface area contributed by atoms with Crippen molar-refractivity contribution < 1.29 is 4.39 Å². The summed E-state index contributed by atoms with van der Waals surface area (Å²) < 4.78 is 15.4. The Kier molecular flexibility index (Phi) is 3.19. The van der Waals surface area contributed by atoms with Crippen LogP contribution < -0.4 is 0 Å². The third-order valence-corrected chi connectivity index (χ3v) is 3.96. The van der Waals surface area contributed by atoms with Crippen molar-refractivity contribution in [2.24, 2.45) is 0 Å². The molecular formula is C20H15FN2. The topological polar surface area (TPSA) is 17.8 Å². The van der Waals surface area contributed by atoms with Crippen molar-refractivity contribution in [3.63, 3.8) is 0 Å². The Balaban J connectivity index is 2.01. The Morgan fingerprint density at radius 1 is 0.826 bits per heavy atom. The van der Waals surface area contributed by atoms with Crippen molar-refractivity contribution in [3.05, 3.63) is 84.2 Å². The number of imidazole rings is 1. The third-order valence-electron chi connectivity index (χ3n) is 3.96. The summed E-state index contributed by atoms with van der Waals surface area (Å²) in [6.07, 6.45) is 0. The van der Waals surface area contributed by atoms with E-state index in [0.29, 0.717) is 0 Å². The van der Waals surface area contributed by atoms with E-state index in [1.807, 2.05) is 18.2 Å². The van der Waals surface area contributed by atoms with E-state index in [-0.39, 0.29) is 5.82 Å². The van der Waals surface area contributed by atoms with Crippen LogP contribution in [0.1, 0.15) is 5.56 Å². The van der Waals surface area contributed by atoms with Gasteiger partial charge in [-0.25, -0.2) is 9.37 Å². The monoisotopic (exact) mass is 302 g/mol. The van der Waals surface area contributed by atoms with Gasteiger partial charge in [0.15, 0.2) is 0 Å². The molecule has 0 fully saturated rings. The van der Waals surface area contributed by atoms with Crippen molar-refractivity contribution in [1.82, 2.24) is 9.55 Å². The highest BCUT2D eigenvalue weighted by Gasteiger charge is 2.13. The second kappa shape index (κ2) is 5.36. The molecule has 4 rings (SSSR count). The molecule has 0 aliphatic rings. The number of aryl methyl sites for hydroxylation is 1. The Morgan fingerprint density at radius 2 is 1.52 bits per heavy atom. The number of hydrogen-bond donors (Lipinski definition) is 0. The normalized spacial score (nSPS) is 11.0. The summed E-state index contributed by atoms with van der Waals surface area (Å²) in [7, 11) is 0. The minimum absolute atomic E-state index is 0.244. The van der Waals surface area contributed by atoms with Crippen LogP contribution >= 0.6 is 0 Å². The highest BCUT2D eigenvalue weighted by atomic mass is 19.1. The summed E-state index contributed by atoms with van der Waals surface area (Å²) in [4.78, 5) is 4.75. The molecule has 0 amide bonds. The highest BCUT2D eigenvalue weighted by molar-refractivity contribution is 5.83. The van der Waals surface area contributed by atoms with E-state index in [1.54, 1.807) is 12.1 Å². The van der Waals surface area contributed by atoms with Crippen LogP contribution in [0.3, 0.4) is 0 Å². The van der Waals surface area contributed by atoms with Crippen LogP contribution in [0.2, 0.25) is 0 Å². The standard InChI is InChI=1S/C20H15FN2/c1-14-6-12-17(13-7-14)23-19-5-3-2-4-18(19)22-20(23)15-8-10-16(21)11-9-15/h2-13H,1H3. The number of fused-ring (bicyclic) bond motifs is 1. The Labute approximate surface area is 133 Å². The molecule has 3 heteroatoms. The predicted octanol–water partition coefficient (Wildman–Crippen LogP) is 5.14. The van der Waals surface area contributed by atoms with Gasteiger partial charge in [0.05, 0.1) is 11.0 Å². The first kappa shape index (κ1) is 13.7. The van der Waals surface area contributed by atoms with E-state index in [4.69, 9.17) is 4.98 Å². The number of hydrogen-bond acceptors (Lipinski definition) is 1. The van der Waals surface area contributed by atoms with Gasteiger partial charge in [-0.1, -0.05) is 29.8 Å². The van der Waals surface area contributed by atoms with Crippen LogP contribution in [0.4, 0.5) is 4.39 Å². The quantitative estimate of drug-likeness (QED) is 0.501.